The van der Waals surface area contributed by atoms with E-state index in [4.69, 9.17) is 5.11 Å². The molecule has 1 heterocycles. The summed E-state index contributed by atoms with van der Waals surface area (Å²) in [5.41, 5.74) is 0. The van der Waals surface area contributed by atoms with Crippen LogP contribution in [-0.4, -0.2) is 40.9 Å². The molecule has 1 aliphatic rings. The number of carbonyl (C=O) groups excluding carboxylic acids is 1. The van der Waals surface area contributed by atoms with E-state index in [1.54, 1.807) is 4.90 Å². The number of rotatable bonds is 1. The fourth-order valence-corrected chi connectivity index (χ4v) is 1.42. The van der Waals surface area contributed by atoms with Crippen molar-refractivity contribution >= 4 is 18.5 Å². The first kappa shape index (κ1) is 8.87. The van der Waals surface area contributed by atoms with Gasteiger partial charge in [0.2, 0.25) is 5.91 Å². The molecule has 4 heteroatoms. The maximum Gasteiger partial charge on any atom is 0.232 e. The first-order valence-electron chi connectivity index (χ1n) is 3.80. The van der Waals surface area contributed by atoms with E-state index in [9.17, 15) is 4.79 Å². The lowest BCUT2D eigenvalue weighted by Crippen LogP contribution is -2.40. The topological polar surface area (TPSA) is 40.5 Å². The number of hydrogen-bond donors (Lipinski definition) is 2. The molecule has 11 heavy (non-hydrogen) atoms. The second-order valence-corrected chi connectivity index (χ2v) is 3.09. The first-order chi connectivity index (χ1) is 5.24. The number of aliphatic hydroxyl groups is 1. The van der Waals surface area contributed by atoms with Crippen LogP contribution in [0.3, 0.4) is 0 Å². The monoisotopic (exact) mass is 175 g/mol. The summed E-state index contributed by atoms with van der Waals surface area (Å²) in [6.45, 7) is 1.36. The van der Waals surface area contributed by atoms with Crippen LogP contribution in [0.1, 0.15) is 12.8 Å². The van der Waals surface area contributed by atoms with Crippen molar-refractivity contribution in [2.24, 2.45) is 0 Å². The molecule has 1 rings (SSSR count). The second-order valence-electron chi connectivity index (χ2n) is 2.77. The molecule has 0 saturated carbocycles. The van der Waals surface area contributed by atoms with E-state index >= 15 is 0 Å². The van der Waals surface area contributed by atoms with E-state index < -0.39 is 0 Å². The van der Waals surface area contributed by atoms with Crippen molar-refractivity contribution in [3.8, 4) is 0 Å². The molecule has 0 aromatic heterocycles. The third kappa shape index (κ3) is 2.38. The predicted molar refractivity (Wildman–Crippen MR) is 45.7 cm³/mol. The van der Waals surface area contributed by atoms with Crippen LogP contribution in [0, 0.1) is 0 Å². The van der Waals surface area contributed by atoms with Crippen LogP contribution >= 0.6 is 12.6 Å². The Kier molecular flexibility index (Phi) is 3.20. The van der Waals surface area contributed by atoms with Gasteiger partial charge in [0.1, 0.15) is 0 Å². The predicted octanol–water partition coefficient (Wildman–Crippen LogP) is -0.101. The quantitative estimate of drug-likeness (QED) is 0.546. The summed E-state index contributed by atoms with van der Waals surface area (Å²) in [7, 11) is 0. The molecule has 0 unspecified atom stereocenters. The van der Waals surface area contributed by atoms with Gasteiger partial charge in [-0.3, -0.25) is 4.79 Å². The minimum Gasteiger partial charge on any atom is -0.393 e. The van der Waals surface area contributed by atoms with Crippen molar-refractivity contribution in [1.82, 2.24) is 4.90 Å². The minimum absolute atomic E-state index is 0.0697. The summed E-state index contributed by atoms with van der Waals surface area (Å²) in [4.78, 5) is 12.8. The number of nitrogens with zero attached hydrogens (tertiary/aromatic N) is 1. The zero-order valence-electron chi connectivity index (χ0n) is 6.36. The Morgan fingerprint density at radius 2 is 2.09 bits per heavy atom. The summed E-state index contributed by atoms with van der Waals surface area (Å²) >= 11 is 3.89. The lowest BCUT2D eigenvalue weighted by molar-refractivity contribution is -0.130. The van der Waals surface area contributed by atoms with Crippen molar-refractivity contribution in [2.75, 3.05) is 18.8 Å². The van der Waals surface area contributed by atoms with Gasteiger partial charge in [-0.15, -0.1) is 0 Å². The van der Waals surface area contributed by atoms with Crippen LogP contribution in [-0.2, 0) is 4.79 Å². The molecule has 64 valence electrons. The standard InChI is InChI=1S/C7H13NO2S/c9-6-1-3-8(4-2-6)7(10)5-11/h6,9,11H,1-5H2. The molecule has 1 aliphatic heterocycles. The van der Waals surface area contributed by atoms with E-state index in [2.05, 4.69) is 12.6 Å². The number of carbonyl (C=O) groups is 1. The number of hydrogen-bond acceptors (Lipinski definition) is 3. The van der Waals surface area contributed by atoms with Gasteiger partial charge < -0.3 is 10.0 Å². The van der Waals surface area contributed by atoms with Gasteiger partial charge in [0.15, 0.2) is 0 Å². The second kappa shape index (κ2) is 3.97. The number of aliphatic hydroxyl groups excluding tert-OH is 1. The molecule has 1 saturated heterocycles. The minimum atomic E-state index is -0.209. The van der Waals surface area contributed by atoms with Crippen molar-refractivity contribution in [2.45, 2.75) is 18.9 Å². The SMILES string of the molecule is O=C(CS)N1CCC(O)CC1. The average molecular weight is 175 g/mol. The van der Waals surface area contributed by atoms with Crippen LogP contribution in [0.15, 0.2) is 0 Å². The Hall–Kier alpha value is -0.220. The fraction of sp³-hybridized carbons (Fsp3) is 0.857. The van der Waals surface area contributed by atoms with Crippen molar-refractivity contribution in [3.05, 3.63) is 0 Å². The highest BCUT2D eigenvalue weighted by molar-refractivity contribution is 7.81. The maximum atomic E-state index is 11.0. The van der Waals surface area contributed by atoms with Crippen LogP contribution in [0.25, 0.3) is 0 Å². The van der Waals surface area contributed by atoms with Gasteiger partial charge >= 0.3 is 0 Å². The Labute approximate surface area is 71.8 Å². The lowest BCUT2D eigenvalue weighted by Gasteiger charge is -2.29. The van der Waals surface area contributed by atoms with E-state index in [-0.39, 0.29) is 17.8 Å². The van der Waals surface area contributed by atoms with Gasteiger partial charge in [-0.25, -0.2) is 0 Å². The van der Waals surface area contributed by atoms with Crippen LogP contribution < -0.4 is 0 Å². The summed E-state index contributed by atoms with van der Waals surface area (Å²) in [5, 5.41) is 9.12. The third-order valence-corrected chi connectivity index (χ3v) is 2.22. The molecule has 1 fully saturated rings. The first-order valence-corrected chi connectivity index (χ1v) is 4.44. The molecule has 3 nitrogen and oxygen atoms in total. The molecule has 1 N–H and O–H groups in total. The molecule has 0 aromatic carbocycles. The normalized spacial score (nSPS) is 20.4. The highest BCUT2D eigenvalue weighted by Crippen LogP contribution is 2.09. The summed E-state index contributed by atoms with van der Waals surface area (Å²) in [6, 6.07) is 0. The van der Waals surface area contributed by atoms with Gasteiger partial charge in [0.05, 0.1) is 11.9 Å². The number of piperidine rings is 1. The summed E-state index contributed by atoms with van der Waals surface area (Å²) in [6.07, 6.45) is 1.21. The van der Waals surface area contributed by atoms with Gasteiger partial charge in [0.25, 0.3) is 0 Å². The van der Waals surface area contributed by atoms with E-state index in [0.717, 1.165) is 0 Å². The Morgan fingerprint density at radius 1 is 1.55 bits per heavy atom. The summed E-state index contributed by atoms with van der Waals surface area (Å²) < 4.78 is 0. The smallest absolute Gasteiger partial charge is 0.232 e. The zero-order valence-corrected chi connectivity index (χ0v) is 7.26. The molecule has 1 amide bonds. The highest BCUT2D eigenvalue weighted by Gasteiger charge is 2.19. The Bertz CT molecular complexity index is 143. The average Bonchev–Trinajstić information content (AvgIpc) is 2.05. The van der Waals surface area contributed by atoms with Crippen molar-refractivity contribution in [1.29, 1.82) is 0 Å². The number of likely N-dealkylation sites (tertiary alicyclic amines) is 1. The van der Waals surface area contributed by atoms with Crippen LogP contribution in [0.2, 0.25) is 0 Å². The third-order valence-electron chi connectivity index (χ3n) is 1.95. The van der Waals surface area contributed by atoms with E-state index in [1.807, 2.05) is 0 Å². The zero-order chi connectivity index (χ0) is 8.27. The molecular formula is C7H13NO2S. The molecular weight excluding hydrogens is 162 g/mol. The maximum absolute atomic E-state index is 11.0. The lowest BCUT2D eigenvalue weighted by atomic mass is 10.1. The van der Waals surface area contributed by atoms with Gasteiger partial charge in [-0.05, 0) is 12.8 Å². The van der Waals surface area contributed by atoms with Gasteiger partial charge in [-0.1, -0.05) is 0 Å². The number of thiol groups is 1. The summed E-state index contributed by atoms with van der Waals surface area (Å²) in [5.74, 6) is 0.344. The van der Waals surface area contributed by atoms with E-state index in [0.29, 0.717) is 25.9 Å². The molecule has 0 aliphatic carbocycles. The number of amides is 1. The molecule has 0 aromatic rings. The Balaban J connectivity index is 2.33. The van der Waals surface area contributed by atoms with Crippen LogP contribution in [0.4, 0.5) is 0 Å². The fourth-order valence-electron chi connectivity index (χ4n) is 1.22. The highest BCUT2D eigenvalue weighted by atomic mass is 32.1. The van der Waals surface area contributed by atoms with Gasteiger partial charge in [0, 0.05) is 13.1 Å². The van der Waals surface area contributed by atoms with E-state index in [1.165, 1.54) is 0 Å². The van der Waals surface area contributed by atoms with Crippen LogP contribution in [0.5, 0.6) is 0 Å². The Morgan fingerprint density at radius 3 is 2.55 bits per heavy atom. The van der Waals surface area contributed by atoms with Gasteiger partial charge in [-0.2, -0.15) is 12.6 Å². The van der Waals surface area contributed by atoms with Crippen molar-refractivity contribution < 1.29 is 9.90 Å². The molecule has 0 radical (unpaired) electrons. The molecule has 0 spiro atoms. The molecule has 0 bridgehead atoms. The van der Waals surface area contributed by atoms with Crippen molar-refractivity contribution in [3.63, 3.8) is 0 Å². The largest absolute Gasteiger partial charge is 0.393 e. The molecule has 0 atom stereocenters.